The largest absolute Gasteiger partial charge is 0.450 e. The van der Waals surface area contributed by atoms with Crippen molar-refractivity contribution < 1.29 is 18.7 Å². The van der Waals surface area contributed by atoms with E-state index in [0.29, 0.717) is 10.0 Å². The van der Waals surface area contributed by atoms with Gasteiger partial charge in [-0.25, -0.2) is 9.18 Å². The van der Waals surface area contributed by atoms with Crippen molar-refractivity contribution in [1.29, 1.82) is 0 Å². The molecule has 1 aromatic carbocycles. The zero-order valence-electron chi connectivity index (χ0n) is 10.5. The highest BCUT2D eigenvalue weighted by molar-refractivity contribution is 9.10. The number of Topliss-reactive ketones (excluding diaryl/α,β-unsaturated/α-hetero) is 1. The summed E-state index contributed by atoms with van der Waals surface area (Å²) in [7, 11) is 0. The third-order valence-corrected chi connectivity index (χ3v) is 3.11. The van der Waals surface area contributed by atoms with Gasteiger partial charge < -0.3 is 9.72 Å². The summed E-state index contributed by atoms with van der Waals surface area (Å²) >= 11 is 3.20. The minimum Gasteiger partial charge on any atom is -0.450 e. The summed E-state index contributed by atoms with van der Waals surface area (Å²) in [4.78, 5) is 26.5. The summed E-state index contributed by atoms with van der Waals surface area (Å²) in [5, 5.41) is 0. The molecule has 1 aromatic heterocycles. The monoisotopic (exact) mass is 339 g/mol. The number of rotatable bonds is 4. The highest BCUT2D eigenvalue weighted by atomic mass is 79.9. The number of halogens is 2. The fourth-order valence-electron chi connectivity index (χ4n) is 1.61. The molecule has 0 aliphatic heterocycles. The number of esters is 1. The maximum Gasteiger partial charge on any atom is 0.355 e. The Kier molecular flexibility index (Phi) is 4.34. The first-order valence-corrected chi connectivity index (χ1v) is 6.61. The van der Waals surface area contributed by atoms with Crippen LogP contribution in [0.25, 0.3) is 0 Å². The second-order valence-corrected chi connectivity index (χ2v) is 5.07. The van der Waals surface area contributed by atoms with Crippen LogP contribution in [0.4, 0.5) is 4.39 Å². The molecule has 0 saturated carbocycles. The quantitative estimate of drug-likeness (QED) is 0.686. The van der Waals surface area contributed by atoms with Gasteiger partial charge in [-0.3, -0.25) is 4.79 Å². The number of hydrogen-bond acceptors (Lipinski definition) is 3. The maximum atomic E-state index is 12.8. The topological polar surface area (TPSA) is 59.2 Å². The van der Waals surface area contributed by atoms with E-state index in [1.807, 2.05) is 0 Å². The number of carbonyl (C=O) groups is 2. The predicted octanol–water partition coefficient (Wildman–Crippen LogP) is 3.34. The van der Waals surface area contributed by atoms with E-state index in [1.54, 1.807) is 12.3 Å². The molecule has 0 aliphatic rings. The molecule has 20 heavy (non-hydrogen) atoms. The van der Waals surface area contributed by atoms with Crippen LogP contribution in [0.3, 0.4) is 0 Å². The van der Waals surface area contributed by atoms with E-state index in [-0.39, 0.29) is 11.5 Å². The van der Waals surface area contributed by atoms with Crippen molar-refractivity contribution in [3.63, 3.8) is 0 Å². The summed E-state index contributed by atoms with van der Waals surface area (Å²) in [5.74, 6) is -1.44. The maximum absolute atomic E-state index is 12.8. The fourth-order valence-corrected chi connectivity index (χ4v) is 1.96. The lowest BCUT2D eigenvalue weighted by Gasteiger charge is -2.11. The van der Waals surface area contributed by atoms with Crippen LogP contribution < -0.4 is 0 Å². The molecule has 0 bridgehead atoms. The van der Waals surface area contributed by atoms with Gasteiger partial charge in [0.15, 0.2) is 6.10 Å². The van der Waals surface area contributed by atoms with Crippen LogP contribution in [0.2, 0.25) is 0 Å². The van der Waals surface area contributed by atoms with Gasteiger partial charge in [0.25, 0.3) is 0 Å². The predicted molar refractivity (Wildman–Crippen MR) is 74.1 cm³/mol. The summed E-state index contributed by atoms with van der Waals surface area (Å²) in [6.45, 7) is 1.47. The Hall–Kier alpha value is -1.95. The number of aromatic nitrogens is 1. The van der Waals surface area contributed by atoms with Crippen molar-refractivity contribution in [2.45, 2.75) is 13.0 Å². The van der Waals surface area contributed by atoms with Gasteiger partial charge in [0, 0.05) is 16.2 Å². The Balaban J connectivity index is 2.04. The Morgan fingerprint density at radius 2 is 1.95 bits per heavy atom. The molecule has 104 valence electrons. The molecule has 1 heterocycles. The molecule has 2 rings (SSSR count). The van der Waals surface area contributed by atoms with Gasteiger partial charge in [-0.2, -0.15) is 0 Å². The molecule has 0 spiro atoms. The molecule has 0 fully saturated rings. The third-order valence-electron chi connectivity index (χ3n) is 2.65. The molecule has 0 saturated heterocycles. The van der Waals surface area contributed by atoms with Crippen LogP contribution in [0.15, 0.2) is 41.0 Å². The van der Waals surface area contributed by atoms with E-state index in [4.69, 9.17) is 4.74 Å². The molecular weight excluding hydrogens is 329 g/mol. The van der Waals surface area contributed by atoms with E-state index in [0.717, 1.165) is 0 Å². The number of nitrogens with one attached hydrogen (secondary N) is 1. The van der Waals surface area contributed by atoms with E-state index >= 15 is 0 Å². The Morgan fingerprint density at radius 3 is 2.50 bits per heavy atom. The second kappa shape index (κ2) is 6.00. The van der Waals surface area contributed by atoms with E-state index < -0.39 is 17.9 Å². The van der Waals surface area contributed by atoms with Gasteiger partial charge in [-0.05, 0) is 53.2 Å². The van der Waals surface area contributed by atoms with Crippen LogP contribution in [0.5, 0.6) is 0 Å². The SMILES string of the molecule is CC(OC(=O)c1cc(Br)c[nH]1)C(=O)c1ccc(F)cc1. The van der Waals surface area contributed by atoms with Crippen molar-refractivity contribution in [2.75, 3.05) is 0 Å². The molecule has 1 atom stereocenters. The molecule has 0 aliphatic carbocycles. The molecule has 2 aromatic rings. The number of aromatic amines is 1. The van der Waals surface area contributed by atoms with Crippen molar-refractivity contribution in [2.24, 2.45) is 0 Å². The van der Waals surface area contributed by atoms with Crippen molar-refractivity contribution >= 4 is 27.7 Å². The number of ether oxygens (including phenoxy) is 1. The second-order valence-electron chi connectivity index (χ2n) is 4.15. The minimum absolute atomic E-state index is 0.246. The molecule has 6 heteroatoms. The molecular formula is C14H11BrFNO3. The highest BCUT2D eigenvalue weighted by Gasteiger charge is 2.21. The molecule has 4 nitrogen and oxygen atoms in total. The van der Waals surface area contributed by atoms with E-state index in [9.17, 15) is 14.0 Å². The van der Waals surface area contributed by atoms with Gasteiger partial charge >= 0.3 is 5.97 Å². The number of hydrogen-bond donors (Lipinski definition) is 1. The zero-order valence-corrected chi connectivity index (χ0v) is 12.1. The van der Waals surface area contributed by atoms with Crippen molar-refractivity contribution in [3.8, 4) is 0 Å². The van der Waals surface area contributed by atoms with Crippen LogP contribution in [-0.2, 0) is 4.74 Å². The van der Waals surface area contributed by atoms with Gasteiger partial charge in [0.2, 0.25) is 5.78 Å². The summed E-state index contributed by atoms with van der Waals surface area (Å²) in [6, 6.07) is 6.63. The Bertz CT molecular complexity index is 636. The highest BCUT2D eigenvalue weighted by Crippen LogP contribution is 2.13. The summed E-state index contributed by atoms with van der Waals surface area (Å²) < 4.78 is 18.6. The minimum atomic E-state index is -0.949. The normalized spacial score (nSPS) is 11.9. The Labute approximate surface area is 123 Å². The first-order chi connectivity index (χ1) is 9.47. The first kappa shape index (κ1) is 14.5. The smallest absolute Gasteiger partial charge is 0.355 e. The molecule has 1 N–H and O–H groups in total. The third kappa shape index (κ3) is 3.33. The molecule has 1 unspecified atom stereocenters. The van der Waals surface area contributed by atoms with E-state index in [1.165, 1.54) is 31.2 Å². The number of H-pyrrole nitrogens is 1. The van der Waals surface area contributed by atoms with E-state index in [2.05, 4.69) is 20.9 Å². The number of carbonyl (C=O) groups excluding carboxylic acids is 2. The number of ketones is 1. The molecule has 0 amide bonds. The summed E-state index contributed by atoms with van der Waals surface area (Å²) in [5.41, 5.74) is 0.537. The number of benzene rings is 1. The standard InChI is InChI=1S/C14H11BrFNO3/c1-8(13(18)9-2-4-11(16)5-3-9)20-14(19)12-6-10(15)7-17-12/h2-8,17H,1H3. The fraction of sp³-hybridized carbons (Fsp3) is 0.143. The van der Waals surface area contributed by atoms with Gasteiger partial charge in [0.1, 0.15) is 11.5 Å². The average Bonchev–Trinajstić information content (AvgIpc) is 2.85. The zero-order chi connectivity index (χ0) is 14.7. The van der Waals surface area contributed by atoms with Gasteiger partial charge in [0.05, 0.1) is 0 Å². The van der Waals surface area contributed by atoms with Gasteiger partial charge in [-0.15, -0.1) is 0 Å². The lowest BCUT2D eigenvalue weighted by Crippen LogP contribution is -2.24. The Morgan fingerprint density at radius 1 is 1.30 bits per heavy atom. The van der Waals surface area contributed by atoms with Crippen molar-refractivity contribution in [3.05, 3.63) is 58.1 Å². The van der Waals surface area contributed by atoms with Crippen LogP contribution in [0, 0.1) is 5.82 Å². The molecule has 0 radical (unpaired) electrons. The van der Waals surface area contributed by atoms with Crippen LogP contribution in [0.1, 0.15) is 27.8 Å². The van der Waals surface area contributed by atoms with Crippen molar-refractivity contribution in [1.82, 2.24) is 4.98 Å². The lowest BCUT2D eigenvalue weighted by molar-refractivity contribution is 0.0313. The van der Waals surface area contributed by atoms with Gasteiger partial charge in [-0.1, -0.05) is 0 Å². The lowest BCUT2D eigenvalue weighted by atomic mass is 10.1. The van der Waals surface area contributed by atoms with Crippen LogP contribution in [-0.4, -0.2) is 22.8 Å². The average molecular weight is 340 g/mol. The summed E-state index contributed by atoms with van der Waals surface area (Å²) in [6.07, 6.45) is 0.637. The first-order valence-electron chi connectivity index (χ1n) is 5.82. The van der Waals surface area contributed by atoms with Crippen LogP contribution >= 0.6 is 15.9 Å².